The van der Waals surface area contributed by atoms with Crippen molar-refractivity contribution in [2.24, 2.45) is 0 Å². The number of hydrogen-bond donors (Lipinski definition) is 1. The maximum absolute atomic E-state index is 13.1. The van der Waals surface area contributed by atoms with E-state index < -0.39 is 10.0 Å². The zero-order chi connectivity index (χ0) is 24.0. The Bertz CT molecular complexity index is 1030. The maximum Gasteiger partial charge on any atom is 0.251 e. The molecule has 0 spiro atoms. The first-order chi connectivity index (χ1) is 16.5. The fourth-order valence-electron chi connectivity index (χ4n) is 4.90. The van der Waals surface area contributed by atoms with Gasteiger partial charge in [0.2, 0.25) is 10.0 Å². The third-order valence-electron chi connectivity index (χ3n) is 7.01. The summed E-state index contributed by atoms with van der Waals surface area (Å²) in [5, 5.41) is 3.05. The standard InChI is InChI=1S/C26H35N3O4S/c1-28(23-10-6-3-7-11-23)34(31,32)24-14-12-22(13-15-24)26(30)27-20-25(21-8-4-2-5-9-21)29-16-18-33-19-17-29/h2,4-5,8-9,12-15,23,25H,3,6-7,10-11,16-20H2,1H3,(H,27,30). The molecule has 0 radical (unpaired) electrons. The highest BCUT2D eigenvalue weighted by molar-refractivity contribution is 7.89. The van der Waals surface area contributed by atoms with Crippen LogP contribution in [0.25, 0.3) is 0 Å². The van der Waals surface area contributed by atoms with Gasteiger partial charge in [-0.2, -0.15) is 4.31 Å². The summed E-state index contributed by atoms with van der Waals surface area (Å²) in [6.45, 7) is 3.46. The number of rotatable bonds is 8. The number of nitrogens with zero attached hydrogens (tertiary/aromatic N) is 2. The van der Waals surface area contributed by atoms with Crippen molar-refractivity contribution >= 4 is 15.9 Å². The van der Waals surface area contributed by atoms with Gasteiger partial charge in [0.15, 0.2) is 0 Å². The van der Waals surface area contributed by atoms with Gasteiger partial charge in [-0.25, -0.2) is 8.42 Å². The van der Waals surface area contributed by atoms with Gasteiger partial charge in [0.25, 0.3) is 5.91 Å². The first kappa shape index (κ1) is 24.9. The highest BCUT2D eigenvalue weighted by Crippen LogP contribution is 2.27. The van der Waals surface area contributed by atoms with E-state index in [-0.39, 0.29) is 22.9 Å². The second kappa shape index (κ2) is 11.4. The monoisotopic (exact) mass is 485 g/mol. The lowest BCUT2D eigenvalue weighted by atomic mass is 9.96. The van der Waals surface area contributed by atoms with E-state index in [4.69, 9.17) is 4.74 Å². The lowest BCUT2D eigenvalue weighted by Gasteiger charge is -2.35. The lowest BCUT2D eigenvalue weighted by Crippen LogP contribution is -2.43. The minimum absolute atomic E-state index is 0.0526. The fraction of sp³-hybridized carbons (Fsp3) is 0.500. The molecule has 1 aliphatic heterocycles. The van der Waals surface area contributed by atoms with Crippen LogP contribution in [-0.2, 0) is 14.8 Å². The summed E-state index contributed by atoms with van der Waals surface area (Å²) in [7, 11) is -1.91. The minimum Gasteiger partial charge on any atom is -0.379 e. The number of morpholine rings is 1. The lowest BCUT2D eigenvalue weighted by molar-refractivity contribution is 0.0162. The predicted octanol–water partition coefficient (Wildman–Crippen LogP) is 3.44. The van der Waals surface area contributed by atoms with E-state index in [2.05, 4.69) is 22.3 Å². The molecular weight excluding hydrogens is 450 g/mol. The SMILES string of the molecule is CN(C1CCCCC1)S(=O)(=O)c1ccc(C(=O)NCC(c2ccccc2)N2CCOCC2)cc1. The Morgan fingerprint density at radius 1 is 1.03 bits per heavy atom. The van der Waals surface area contributed by atoms with Crippen LogP contribution in [0.1, 0.15) is 54.1 Å². The number of benzene rings is 2. The molecule has 1 atom stereocenters. The predicted molar refractivity (Wildman–Crippen MR) is 132 cm³/mol. The van der Waals surface area contributed by atoms with Crippen molar-refractivity contribution in [1.29, 1.82) is 0 Å². The smallest absolute Gasteiger partial charge is 0.251 e. The summed E-state index contributed by atoms with van der Waals surface area (Å²) in [4.78, 5) is 15.4. The molecule has 0 aromatic heterocycles. The molecule has 2 aromatic rings. The number of carbonyl (C=O) groups is 1. The Labute approximate surface area is 203 Å². The maximum atomic E-state index is 13.1. The van der Waals surface area contributed by atoms with Crippen LogP contribution in [0, 0.1) is 0 Å². The van der Waals surface area contributed by atoms with Crippen LogP contribution in [-0.4, -0.2) is 69.5 Å². The Balaban J connectivity index is 1.41. The van der Waals surface area contributed by atoms with Crippen molar-refractivity contribution in [1.82, 2.24) is 14.5 Å². The molecule has 1 aliphatic carbocycles. The van der Waals surface area contributed by atoms with E-state index >= 15 is 0 Å². The summed E-state index contributed by atoms with van der Waals surface area (Å²) in [5.41, 5.74) is 1.60. The van der Waals surface area contributed by atoms with Gasteiger partial charge in [-0.1, -0.05) is 49.6 Å². The molecule has 1 saturated heterocycles. The van der Waals surface area contributed by atoms with Gasteiger partial charge in [0.05, 0.1) is 24.2 Å². The van der Waals surface area contributed by atoms with Crippen LogP contribution in [0.5, 0.6) is 0 Å². The molecule has 1 amide bonds. The van der Waals surface area contributed by atoms with Crippen molar-refractivity contribution in [3.8, 4) is 0 Å². The number of ether oxygens (including phenoxy) is 1. The number of amides is 1. The van der Waals surface area contributed by atoms with Gasteiger partial charge in [0.1, 0.15) is 0 Å². The number of nitrogens with one attached hydrogen (secondary N) is 1. The third kappa shape index (κ3) is 5.86. The quantitative estimate of drug-likeness (QED) is 0.620. The molecule has 2 fully saturated rings. The summed E-state index contributed by atoms with van der Waals surface area (Å²) in [6.07, 6.45) is 5.12. The number of hydrogen-bond acceptors (Lipinski definition) is 5. The van der Waals surface area contributed by atoms with E-state index in [1.807, 2.05) is 18.2 Å². The normalized spacial score (nSPS) is 19.1. The van der Waals surface area contributed by atoms with E-state index in [1.54, 1.807) is 31.3 Å². The number of sulfonamides is 1. The van der Waals surface area contributed by atoms with Crippen LogP contribution in [0.3, 0.4) is 0 Å². The van der Waals surface area contributed by atoms with Crippen LogP contribution < -0.4 is 5.32 Å². The minimum atomic E-state index is -3.57. The van der Waals surface area contributed by atoms with Crippen molar-refractivity contribution in [3.63, 3.8) is 0 Å². The molecule has 4 rings (SSSR count). The van der Waals surface area contributed by atoms with Gasteiger partial charge >= 0.3 is 0 Å². The molecule has 1 N–H and O–H groups in total. The first-order valence-corrected chi connectivity index (χ1v) is 13.6. The van der Waals surface area contributed by atoms with Crippen LogP contribution >= 0.6 is 0 Å². The van der Waals surface area contributed by atoms with Crippen molar-refractivity contribution in [2.75, 3.05) is 39.9 Å². The average Bonchev–Trinajstić information content (AvgIpc) is 2.90. The zero-order valence-corrected chi connectivity index (χ0v) is 20.7. The third-order valence-corrected chi connectivity index (χ3v) is 8.93. The molecule has 34 heavy (non-hydrogen) atoms. The summed E-state index contributed by atoms with van der Waals surface area (Å²) in [5.74, 6) is -0.209. The molecule has 1 unspecified atom stereocenters. The molecule has 7 nitrogen and oxygen atoms in total. The Morgan fingerprint density at radius 2 is 1.68 bits per heavy atom. The van der Waals surface area contributed by atoms with Gasteiger partial charge < -0.3 is 10.1 Å². The average molecular weight is 486 g/mol. The second-order valence-corrected chi connectivity index (χ2v) is 11.1. The van der Waals surface area contributed by atoms with Gasteiger partial charge in [0, 0.05) is 38.3 Å². The fourth-order valence-corrected chi connectivity index (χ4v) is 6.31. The largest absolute Gasteiger partial charge is 0.379 e. The van der Waals surface area contributed by atoms with E-state index in [9.17, 15) is 13.2 Å². The van der Waals surface area contributed by atoms with Crippen molar-refractivity contribution in [2.45, 2.75) is 49.1 Å². The van der Waals surface area contributed by atoms with Gasteiger partial charge in [-0.15, -0.1) is 0 Å². The first-order valence-electron chi connectivity index (χ1n) is 12.2. The van der Waals surface area contributed by atoms with Crippen LogP contribution in [0.4, 0.5) is 0 Å². The summed E-state index contributed by atoms with van der Waals surface area (Å²) < 4.78 is 33.1. The molecule has 2 aliphatic rings. The molecule has 184 valence electrons. The molecule has 1 saturated carbocycles. The Hall–Kier alpha value is -2.26. The van der Waals surface area contributed by atoms with Gasteiger partial charge in [-0.05, 0) is 42.7 Å². The molecular formula is C26H35N3O4S. The van der Waals surface area contributed by atoms with Crippen molar-refractivity contribution < 1.29 is 17.9 Å². The van der Waals surface area contributed by atoms with Crippen LogP contribution in [0.15, 0.2) is 59.5 Å². The van der Waals surface area contributed by atoms with Crippen LogP contribution in [0.2, 0.25) is 0 Å². The zero-order valence-electron chi connectivity index (χ0n) is 19.9. The molecule has 2 aromatic carbocycles. The topological polar surface area (TPSA) is 79.0 Å². The van der Waals surface area contributed by atoms with E-state index in [0.29, 0.717) is 25.3 Å². The highest BCUT2D eigenvalue weighted by atomic mass is 32.2. The van der Waals surface area contributed by atoms with Crippen molar-refractivity contribution in [3.05, 3.63) is 65.7 Å². The second-order valence-electron chi connectivity index (χ2n) is 9.12. The molecule has 1 heterocycles. The number of carbonyl (C=O) groups excluding carboxylic acids is 1. The highest BCUT2D eigenvalue weighted by Gasteiger charge is 2.29. The molecule has 8 heteroatoms. The Kier molecular flexibility index (Phi) is 8.37. The van der Waals surface area contributed by atoms with E-state index in [0.717, 1.165) is 44.3 Å². The Morgan fingerprint density at radius 3 is 2.32 bits per heavy atom. The summed E-state index contributed by atoms with van der Waals surface area (Å²) >= 11 is 0. The van der Waals surface area contributed by atoms with Gasteiger partial charge in [-0.3, -0.25) is 9.69 Å². The summed E-state index contributed by atoms with van der Waals surface area (Å²) in [6, 6.07) is 16.5. The van der Waals surface area contributed by atoms with E-state index in [1.165, 1.54) is 10.7 Å². The molecule has 0 bridgehead atoms.